The Morgan fingerprint density at radius 1 is 1.04 bits per heavy atom. The highest BCUT2D eigenvalue weighted by Gasteiger charge is 2.11. The second kappa shape index (κ2) is 7.47. The normalized spacial score (nSPS) is 10.7. The molecule has 0 aliphatic rings. The molecule has 0 atom stereocenters. The van der Waals surface area contributed by atoms with E-state index in [1.165, 1.54) is 5.56 Å². The van der Waals surface area contributed by atoms with Gasteiger partial charge in [0.25, 0.3) is 0 Å². The number of aromatic nitrogens is 1. The van der Waals surface area contributed by atoms with Gasteiger partial charge in [-0.1, -0.05) is 46.3 Å². The van der Waals surface area contributed by atoms with Gasteiger partial charge in [-0.15, -0.1) is 0 Å². The minimum atomic E-state index is 0.403. The Kier molecular flexibility index (Phi) is 5.13. The summed E-state index contributed by atoms with van der Waals surface area (Å²) in [7, 11) is 0. The Bertz CT molecular complexity index is 751. The fourth-order valence-corrected chi connectivity index (χ4v) is 2.74. The second-order valence-electron chi connectivity index (χ2n) is 5.26. The van der Waals surface area contributed by atoms with Gasteiger partial charge in [0.2, 0.25) is 5.89 Å². The van der Waals surface area contributed by atoms with Crippen LogP contribution in [0.4, 0.5) is 0 Å². The van der Waals surface area contributed by atoms with Crippen LogP contribution in [0.3, 0.4) is 0 Å². The maximum absolute atomic E-state index is 5.82. The molecule has 3 nitrogen and oxygen atoms in total. The lowest BCUT2D eigenvalue weighted by Gasteiger charge is -2.05. The summed E-state index contributed by atoms with van der Waals surface area (Å²) in [4.78, 5) is 4.54. The molecule has 1 heterocycles. The van der Waals surface area contributed by atoms with Gasteiger partial charge in [-0.05, 0) is 43.2 Å². The largest absolute Gasteiger partial charge is 0.487 e. The topological polar surface area (TPSA) is 35.3 Å². The predicted molar refractivity (Wildman–Crippen MR) is 94.9 cm³/mol. The lowest BCUT2D eigenvalue weighted by molar-refractivity contribution is 0.299. The van der Waals surface area contributed by atoms with Crippen LogP contribution in [0.1, 0.15) is 17.0 Å². The van der Waals surface area contributed by atoms with Crippen molar-refractivity contribution in [1.29, 1.82) is 0 Å². The van der Waals surface area contributed by atoms with Gasteiger partial charge in [0.1, 0.15) is 23.8 Å². The van der Waals surface area contributed by atoms with Crippen LogP contribution in [0.25, 0.3) is 11.5 Å². The number of hydrogen-bond donors (Lipinski definition) is 0. The van der Waals surface area contributed by atoms with E-state index >= 15 is 0 Å². The summed E-state index contributed by atoms with van der Waals surface area (Å²) in [6, 6.07) is 18.0. The molecule has 4 heteroatoms. The summed E-state index contributed by atoms with van der Waals surface area (Å²) in [5, 5.41) is 0.966. The van der Waals surface area contributed by atoms with Crippen LogP contribution in [0.5, 0.6) is 5.75 Å². The first-order valence-corrected chi connectivity index (χ1v) is 8.68. The van der Waals surface area contributed by atoms with Crippen molar-refractivity contribution in [3.8, 4) is 17.2 Å². The van der Waals surface area contributed by atoms with Crippen molar-refractivity contribution in [1.82, 2.24) is 4.98 Å². The van der Waals surface area contributed by atoms with Gasteiger partial charge in [-0.2, -0.15) is 0 Å². The number of halogens is 1. The molecule has 0 unspecified atom stereocenters. The van der Waals surface area contributed by atoms with E-state index in [0.29, 0.717) is 12.5 Å². The SMILES string of the molecule is Cc1oc(-c2ccccc2)nc1COc1ccc(CCBr)cc1. The Labute approximate surface area is 144 Å². The molecule has 0 N–H and O–H groups in total. The fraction of sp³-hybridized carbons (Fsp3) is 0.211. The maximum Gasteiger partial charge on any atom is 0.226 e. The van der Waals surface area contributed by atoms with Gasteiger partial charge in [0.05, 0.1) is 0 Å². The Morgan fingerprint density at radius 2 is 1.78 bits per heavy atom. The molecule has 0 saturated carbocycles. The zero-order chi connectivity index (χ0) is 16.1. The van der Waals surface area contributed by atoms with Gasteiger partial charge in [-0.25, -0.2) is 4.98 Å². The third kappa shape index (κ3) is 4.02. The minimum absolute atomic E-state index is 0.403. The molecule has 0 amide bonds. The molecule has 118 valence electrons. The Morgan fingerprint density at radius 3 is 2.48 bits per heavy atom. The highest BCUT2D eigenvalue weighted by Crippen LogP contribution is 2.22. The molecule has 0 saturated heterocycles. The molecule has 3 aromatic rings. The van der Waals surface area contributed by atoms with Crippen LogP contribution in [0.2, 0.25) is 0 Å². The maximum atomic E-state index is 5.82. The third-order valence-electron chi connectivity index (χ3n) is 3.60. The minimum Gasteiger partial charge on any atom is -0.487 e. The molecular weight excluding hydrogens is 354 g/mol. The van der Waals surface area contributed by atoms with Crippen molar-refractivity contribution in [2.45, 2.75) is 20.0 Å². The van der Waals surface area contributed by atoms with E-state index in [1.54, 1.807) is 0 Å². The van der Waals surface area contributed by atoms with E-state index in [-0.39, 0.29) is 0 Å². The zero-order valence-electron chi connectivity index (χ0n) is 13.0. The highest BCUT2D eigenvalue weighted by atomic mass is 79.9. The highest BCUT2D eigenvalue weighted by molar-refractivity contribution is 9.09. The Balaban J connectivity index is 1.67. The van der Waals surface area contributed by atoms with Crippen molar-refractivity contribution >= 4 is 15.9 Å². The van der Waals surface area contributed by atoms with Crippen LogP contribution < -0.4 is 4.74 Å². The zero-order valence-corrected chi connectivity index (χ0v) is 14.5. The first-order valence-electron chi connectivity index (χ1n) is 7.55. The molecule has 0 spiro atoms. The molecule has 3 rings (SSSR count). The van der Waals surface area contributed by atoms with Crippen molar-refractivity contribution in [2.24, 2.45) is 0 Å². The van der Waals surface area contributed by atoms with E-state index in [2.05, 4.69) is 33.0 Å². The van der Waals surface area contributed by atoms with Crippen molar-refractivity contribution in [2.75, 3.05) is 5.33 Å². The number of alkyl halides is 1. The number of benzene rings is 2. The van der Waals surface area contributed by atoms with E-state index < -0.39 is 0 Å². The second-order valence-corrected chi connectivity index (χ2v) is 6.05. The van der Waals surface area contributed by atoms with Gasteiger partial charge >= 0.3 is 0 Å². The summed E-state index contributed by atoms with van der Waals surface area (Å²) in [5.74, 6) is 2.26. The van der Waals surface area contributed by atoms with E-state index in [4.69, 9.17) is 9.15 Å². The summed E-state index contributed by atoms with van der Waals surface area (Å²) in [6.45, 7) is 2.32. The first-order chi connectivity index (χ1) is 11.3. The van der Waals surface area contributed by atoms with Crippen molar-refractivity contribution in [3.63, 3.8) is 0 Å². The molecule has 0 fully saturated rings. The average molecular weight is 372 g/mol. The van der Waals surface area contributed by atoms with Crippen molar-refractivity contribution in [3.05, 3.63) is 71.6 Å². The Hall–Kier alpha value is -2.07. The van der Waals surface area contributed by atoms with Gasteiger partial charge < -0.3 is 9.15 Å². The molecule has 0 radical (unpaired) electrons. The van der Waals surface area contributed by atoms with E-state index in [0.717, 1.165) is 34.5 Å². The molecular formula is C19H18BrNO2. The first kappa shape index (κ1) is 15.8. The summed E-state index contributed by atoms with van der Waals surface area (Å²) >= 11 is 3.45. The predicted octanol–water partition coefficient (Wildman–Crippen LogP) is 5.17. The smallest absolute Gasteiger partial charge is 0.226 e. The molecule has 0 aliphatic carbocycles. The third-order valence-corrected chi connectivity index (χ3v) is 3.99. The quantitative estimate of drug-likeness (QED) is 0.560. The lowest BCUT2D eigenvalue weighted by atomic mass is 10.2. The molecule has 2 aromatic carbocycles. The van der Waals surface area contributed by atoms with E-state index in [9.17, 15) is 0 Å². The fourth-order valence-electron chi connectivity index (χ4n) is 2.28. The van der Waals surface area contributed by atoms with Crippen LogP contribution in [-0.2, 0) is 13.0 Å². The van der Waals surface area contributed by atoms with Crippen molar-refractivity contribution < 1.29 is 9.15 Å². The van der Waals surface area contributed by atoms with Crippen LogP contribution >= 0.6 is 15.9 Å². The molecule has 23 heavy (non-hydrogen) atoms. The molecule has 0 aliphatic heterocycles. The van der Waals surface area contributed by atoms with Crippen LogP contribution in [0.15, 0.2) is 59.0 Å². The van der Waals surface area contributed by atoms with Crippen LogP contribution in [-0.4, -0.2) is 10.3 Å². The average Bonchev–Trinajstić information content (AvgIpc) is 2.96. The van der Waals surface area contributed by atoms with Gasteiger partial charge in [0, 0.05) is 10.9 Å². The van der Waals surface area contributed by atoms with Gasteiger partial charge in [0.15, 0.2) is 0 Å². The summed E-state index contributed by atoms with van der Waals surface area (Å²) < 4.78 is 11.6. The number of oxazole rings is 1. The number of hydrogen-bond acceptors (Lipinski definition) is 3. The van der Waals surface area contributed by atoms with Crippen LogP contribution in [0, 0.1) is 6.92 Å². The standard InChI is InChI=1S/C19H18BrNO2/c1-14-18(21-19(23-14)16-5-3-2-4-6-16)13-22-17-9-7-15(8-10-17)11-12-20/h2-10H,11-13H2,1H3. The summed E-state index contributed by atoms with van der Waals surface area (Å²) in [6.07, 6.45) is 1.02. The number of rotatable bonds is 6. The number of ether oxygens (including phenoxy) is 1. The van der Waals surface area contributed by atoms with Gasteiger partial charge in [-0.3, -0.25) is 0 Å². The number of nitrogens with zero attached hydrogens (tertiary/aromatic N) is 1. The monoisotopic (exact) mass is 371 g/mol. The molecule has 0 bridgehead atoms. The lowest BCUT2D eigenvalue weighted by Crippen LogP contribution is -1.98. The van der Waals surface area contributed by atoms with E-state index in [1.807, 2.05) is 49.4 Å². The number of aryl methyl sites for hydroxylation is 2. The molecule has 1 aromatic heterocycles. The summed E-state index contributed by atoms with van der Waals surface area (Å²) in [5.41, 5.74) is 3.09.